The van der Waals surface area contributed by atoms with Crippen LogP contribution in [0.4, 0.5) is 10.5 Å². The van der Waals surface area contributed by atoms with Gasteiger partial charge in [-0.05, 0) is 48.8 Å². The molecule has 1 amide bonds. The van der Waals surface area contributed by atoms with Gasteiger partial charge in [-0.15, -0.1) is 0 Å². The molecule has 0 unspecified atom stereocenters. The van der Waals surface area contributed by atoms with Gasteiger partial charge in [-0.1, -0.05) is 30.3 Å². The van der Waals surface area contributed by atoms with Crippen molar-refractivity contribution in [3.05, 3.63) is 70.3 Å². The molecule has 2 aromatic carbocycles. The number of amides is 1. The summed E-state index contributed by atoms with van der Waals surface area (Å²) in [7, 11) is 0. The molecule has 136 valence electrons. The molecule has 0 fully saturated rings. The molecular formula is C21H19N3O3. The van der Waals surface area contributed by atoms with Gasteiger partial charge in [0.2, 0.25) is 0 Å². The second-order valence-electron chi connectivity index (χ2n) is 6.30. The summed E-state index contributed by atoms with van der Waals surface area (Å²) in [4.78, 5) is 29.2. The Labute approximate surface area is 156 Å². The van der Waals surface area contributed by atoms with Gasteiger partial charge in [0.25, 0.3) is 5.56 Å². The van der Waals surface area contributed by atoms with Crippen molar-refractivity contribution < 1.29 is 9.53 Å². The minimum atomic E-state index is -0.528. The quantitative estimate of drug-likeness (QED) is 0.768. The molecule has 6 heteroatoms. The Morgan fingerprint density at radius 3 is 2.85 bits per heavy atom. The van der Waals surface area contributed by atoms with E-state index in [-0.39, 0.29) is 5.56 Å². The van der Waals surface area contributed by atoms with Crippen molar-refractivity contribution in [2.45, 2.75) is 19.9 Å². The Morgan fingerprint density at radius 2 is 2.07 bits per heavy atom. The lowest BCUT2D eigenvalue weighted by molar-refractivity contribution is 0.168. The third kappa shape index (κ3) is 3.33. The van der Waals surface area contributed by atoms with Gasteiger partial charge >= 0.3 is 6.09 Å². The first-order valence-electron chi connectivity index (χ1n) is 8.90. The number of carbonyl (C=O) groups excluding carboxylic acids is 1. The Kier molecular flexibility index (Phi) is 4.46. The molecule has 1 aromatic heterocycles. The van der Waals surface area contributed by atoms with Gasteiger partial charge in [0.1, 0.15) is 5.82 Å². The number of fused-ring (bicyclic) bond motifs is 2. The van der Waals surface area contributed by atoms with E-state index in [4.69, 9.17) is 9.72 Å². The maximum atomic E-state index is 12.8. The van der Waals surface area contributed by atoms with E-state index in [1.165, 1.54) is 0 Å². The van der Waals surface area contributed by atoms with Crippen molar-refractivity contribution in [1.29, 1.82) is 0 Å². The molecule has 0 bridgehead atoms. The zero-order valence-electron chi connectivity index (χ0n) is 14.9. The highest BCUT2D eigenvalue weighted by atomic mass is 16.5. The lowest BCUT2D eigenvalue weighted by Gasteiger charge is -2.08. The van der Waals surface area contributed by atoms with E-state index in [0.29, 0.717) is 35.6 Å². The molecule has 27 heavy (non-hydrogen) atoms. The lowest BCUT2D eigenvalue weighted by Crippen LogP contribution is -2.21. The lowest BCUT2D eigenvalue weighted by atomic mass is 10.1. The van der Waals surface area contributed by atoms with Crippen LogP contribution in [0.2, 0.25) is 0 Å². The summed E-state index contributed by atoms with van der Waals surface area (Å²) in [6, 6.07) is 15.1. The van der Waals surface area contributed by atoms with E-state index < -0.39 is 6.09 Å². The van der Waals surface area contributed by atoms with Crippen LogP contribution in [0, 0.1) is 0 Å². The summed E-state index contributed by atoms with van der Waals surface area (Å²) in [6.45, 7) is 2.66. The second kappa shape index (κ2) is 7.07. The number of carbonyl (C=O) groups is 1. The van der Waals surface area contributed by atoms with Crippen molar-refractivity contribution in [3.8, 4) is 0 Å². The molecule has 4 rings (SSSR count). The number of aromatic nitrogens is 2. The van der Waals surface area contributed by atoms with Gasteiger partial charge < -0.3 is 4.74 Å². The van der Waals surface area contributed by atoms with Crippen LogP contribution in [0.5, 0.6) is 0 Å². The zero-order chi connectivity index (χ0) is 18.8. The standard InChI is InChI=1S/C21H19N3O3/c1-2-27-21(26)22-16-8-9-17-18(13-16)23-19-15(10-11-24(19)20(17)25)12-14-6-4-3-5-7-14/h3-9,12-13H,2,10-11H2,1H3,(H,22,26). The number of benzene rings is 2. The Balaban J connectivity index is 1.77. The van der Waals surface area contributed by atoms with Crippen molar-refractivity contribution in [2.75, 3.05) is 11.9 Å². The molecule has 0 radical (unpaired) electrons. The van der Waals surface area contributed by atoms with E-state index in [2.05, 4.69) is 11.4 Å². The van der Waals surface area contributed by atoms with Crippen LogP contribution < -0.4 is 10.9 Å². The van der Waals surface area contributed by atoms with E-state index in [1.807, 2.05) is 30.3 Å². The molecule has 0 spiro atoms. The SMILES string of the molecule is CCOC(=O)Nc1ccc2c(=O)n3c(nc2c1)C(=Cc1ccccc1)CC3. The van der Waals surface area contributed by atoms with Gasteiger partial charge in [-0.2, -0.15) is 0 Å². The van der Waals surface area contributed by atoms with Crippen molar-refractivity contribution >= 4 is 34.3 Å². The van der Waals surface area contributed by atoms with Crippen molar-refractivity contribution in [2.24, 2.45) is 0 Å². The second-order valence-corrected chi connectivity index (χ2v) is 6.30. The first kappa shape index (κ1) is 17.0. The molecule has 3 aromatic rings. The third-order valence-electron chi connectivity index (χ3n) is 4.51. The number of ether oxygens (including phenoxy) is 1. The van der Waals surface area contributed by atoms with Crippen LogP contribution in [0.25, 0.3) is 22.6 Å². The van der Waals surface area contributed by atoms with Crippen molar-refractivity contribution in [1.82, 2.24) is 9.55 Å². The summed E-state index contributed by atoms with van der Waals surface area (Å²) in [6.07, 6.45) is 2.30. The van der Waals surface area contributed by atoms with Crippen LogP contribution in [-0.4, -0.2) is 22.3 Å². The highest BCUT2D eigenvalue weighted by Crippen LogP contribution is 2.28. The van der Waals surface area contributed by atoms with Gasteiger partial charge in [-0.3, -0.25) is 14.7 Å². The highest BCUT2D eigenvalue weighted by molar-refractivity contribution is 5.90. The van der Waals surface area contributed by atoms with E-state index in [9.17, 15) is 9.59 Å². The number of nitrogens with zero attached hydrogens (tertiary/aromatic N) is 2. The number of anilines is 1. The summed E-state index contributed by atoms with van der Waals surface area (Å²) in [5, 5.41) is 3.18. The van der Waals surface area contributed by atoms with Crippen LogP contribution in [0.3, 0.4) is 0 Å². The largest absolute Gasteiger partial charge is 0.450 e. The molecule has 0 saturated carbocycles. The van der Waals surface area contributed by atoms with Crippen molar-refractivity contribution in [3.63, 3.8) is 0 Å². The first-order chi connectivity index (χ1) is 13.2. The first-order valence-corrected chi connectivity index (χ1v) is 8.90. The Bertz CT molecular complexity index is 1100. The topological polar surface area (TPSA) is 73.2 Å². The van der Waals surface area contributed by atoms with Crippen LogP contribution in [-0.2, 0) is 11.3 Å². The fourth-order valence-corrected chi connectivity index (χ4v) is 3.27. The Morgan fingerprint density at radius 1 is 1.26 bits per heavy atom. The summed E-state index contributed by atoms with van der Waals surface area (Å²) < 4.78 is 6.61. The van der Waals surface area contributed by atoms with Crippen LogP contribution >= 0.6 is 0 Å². The summed E-state index contributed by atoms with van der Waals surface area (Å²) >= 11 is 0. The molecule has 1 N–H and O–H groups in total. The number of hydrogen-bond acceptors (Lipinski definition) is 4. The minimum absolute atomic E-state index is 0.0610. The molecule has 0 atom stereocenters. The molecule has 1 aliphatic heterocycles. The molecular weight excluding hydrogens is 342 g/mol. The molecule has 2 heterocycles. The zero-order valence-corrected chi connectivity index (χ0v) is 14.9. The normalized spacial score (nSPS) is 14.3. The van der Waals surface area contributed by atoms with E-state index >= 15 is 0 Å². The van der Waals surface area contributed by atoms with Crippen LogP contribution in [0.15, 0.2) is 53.3 Å². The van der Waals surface area contributed by atoms with Gasteiger partial charge in [-0.25, -0.2) is 9.78 Å². The highest BCUT2D eigenvalue weighted by Gasteiger charge is 2.21. The summed E-state index contributed by atoms with van der Waals surface area (Å²) in [5.74, 6) is 0.685. The number of nitrogens with one attached hydrogen (secondary N) is 1. The van der Waals surface area contributed by atoms with Gasteiger partial charge in [0.15, 0.2) is 0 Å². The Hall–Kier alpha value is -3.41. The average molecular weight is 361 g/mol. The molecule has 6 nitrogen and oxygen atoms in total. The minimum Gasteiger partial charge on any atom is -0.450 e. The van der Waals surface area contributed by atoms with E-state index in [0.717, 1.165) is 17.6 Å². The molecule has 0 saturated heterocycles. The maximum Gasteiger partial charge on any atom is 0.411 e. The predicted octanol–water partition coefficient (Wildman–Crippen LogP) is 3.91. The smallest absolute Gasteiger partial charge is 0.411 e. The average Bonchev–Trinajstić information content (AvgIpc) is 3.06. The predicted molar refractivity (Wildman–Crippen MR) is 106 cm³/mol. The third-order valence-corrected chi connectivity index (χ3v) is 4.51. The number of hydrogen-bond donors (Lipinski definition) is 1. The number of allylic oxidation sites excluding steroid dienone is 1. The van der Waals surface area contributed by atoms with Gasteiger partial charge in [0, 0.05) is 12.2 Å². The fourth-order valence-electron chi connectivity index (χ4n) is 3.27. The van der Waals surface area contributed by atoms with Crippen LogP contribution in [0.1, 0.15) is 24.7 Å². The monoisotopic (exact) mass is 361 g/mol. The van der Waals surface area contributed by atoms with Gasteiger partial charge in [0.05, 0.1) is 17.5 Å². The summed E-state index contributed by atoms with van der Waals surface area (Å²) in [5.41, 5.74) is 3.15. The number of rotatable bonds is 3. The molecule has 0 aliphatic carbocycles. The maximum absolute atomic E-state index is 12.8. The molecule has 1 aliphatic rings. The van der Waals surface area contributed by atoms with E-state index in [1.54, 1.807) is 29.7 Å². The fraction of sp³-hybridized carbons (Fsp3) is 0.190.